The van der Waals surface area contributed by atoms with Gasteiger partial charge in [-0.25, -0.2) is 0 Å². The van der Waals surface area contributed by atoms with E-state index in [4.69, 9.17) is 25.5 Å². The van der Waals surface area contributed by atoms with Gasteiger partial charge in [-0.3, -0.25) is 43.5 Å². The zero-order chi connectivity index (χ0) is 24.8. The Hall–Kier alpha value is -3.30. The van der Waals surface area contributed by atoms with Gasteiger partial charge in [0.05, 0.1) is 26.2 Å². The number of rotatable bonds is 19. The first kappa shape index (κ1) is 28.7. The van der Waals surface area contributed by atoms with Crippen LogP contribution in [-0.2, 0) is 28.8 Å². The van der Waals surface area contributed by atoms with Crippen molar-refractivity contribution in [1.82, 2.24) is 14.7 Å². The Morgan fingerprint density at radius 2 is 0.875 bits per heavy atom. The average molecular weight is 465 g/mol. The molecule has 182 valence electrons. The van der Waals surface area contributed by atoms with Crippen molar-refractivity contribution in [2.24, 2.45) is 0 Å². The number of hydrogen-bond acceptors (Lipinski definition) is 9. The van der Waals surface area contributed by atoms with E-state index in [0.717, 1.165) is 9.80 Å². The quantitative estimate of drug-likeness (QED) is 0.116. The van der Waals surface area contributed by atoms with E-state index < -0.39 is 74.5 Å². The SMILES string of the molecule is O=C(O)CC[C@@H](C(=O)O)N(CCN(CC(=O)O)CC(=O)O)CCN(CC(=O)O)CC(=O)O. The van der Waals surface area contributed by atoms with Gasteiger partial charge in [-0.2, -0.15) is 0 Å². The maximum absolute atomic E-state index is 11.7. The summed E-state index contributed by atoms with van der Waals surface area (Å²) in [6, 6.07) is -1.36. The van der Waals surface area contributed by atoms with E-state index in [1.807, 2.05) is 0 Å². The predicted octanol–water partition coefficient (Wildman–Crippen LogP) is -2.45. The summed E-state index contributed by atoms with van der Waals surface area (Å²) in [5.74, 6) is -7.90. The summed E-state index contributed by atoms with van der Waals surface area (Å²) < 4.78 is 0. The standard InChI is InChI=1S/C17H27N3O12/c21-12(22)2-1-11(17(31)32)20(5-3-18(7-13(23)24)8-14(25)26)6-4-19(9-15(27)28)10-16(29)30/h11H,1-10H2,(H,21,22)(H,23,24)(H,25,26)(H,27,28)(H,29,30)(H,31,32)/t11-/m0/s1. The fourth-order valence-corrected chi connectivity index (χ4v) is 2.88. The number of aliphatic carboxylic acids is 6. The number of carbonyl (C=O) groups is 6. The van der Waals surface area contributed by atoms with Gasteiger partial charge in [-0.05, 0) is 6.42 Å². The minimum atomic E-state index is -1.39. The van der Waals surface area contributed by atoms with E-state index in [9.17, 15) is 33.9 Å². The third-order valence-corrected chi connectivity index (χ3v) is 4.20. The molecule has 0 amide bonds. The second kappa shape index (κ2) is 14.7. The highest BCUT2D eigenvalue weighted by atomic mass is 16.4. The third kappa shape index (κ3) is 13.8. The molecule has 0 aromatic rings. The Morgan fingerprint density at radius 3 is 1.12 bits per heavy atom. The Morgan fingerprint density at radius 1 is 0.531 bits per heavy atom. The molecule has 0 rings (SSSR count). The van der Waals surface area contributed by atoms with Gasteiger partial charge in [0.15, 0.2) is 0 Å². The highest BCUT2D eigenvalue weighted by Crippen LogP contribution is 2.10. The first-order chi connectivity index (χ1) is 14.8. The minimum absolute atomic E-state index is 0.189. The minimum Gasteiger partial charge on any atom is -0.481 e. The number of carboxylic acids is 6. The number of hydrogen-bond donors (Lipinski definition) is 6. The lowest BCUT2D eigenvalue weighted by Crippen LogP contribution is -2.50. The lowest BCUT2D eigenvalue weighted by molar-refractivity contribution is -0.147. The van der Waals surface area contributed by atoms with Gasteiger partial charge in [-0.1, -0.05) is 0 Å². The van der Waals surface area contributed by atoms with Crippen molar-refractivity contribution in [1.29, 1.82) is 0 Å². The van der Waals surface area contributed by atoms with Crippen molar-refractivity contribution in [3.05, 3.63) is 0 Å². The van der Waals surface area contributed by atoms with Crippen LogP contribution < -0.4 is 0 Å². The number of carboxylic acid groups (broad SMARTS) is 6. The van der Waals surface area contributed by atoms with E-state index in [2.05, 4.69) is 0 Å². The van der Waals surface area contributed by atoms with E-state index in [1.54, 1.807) is 0 Å². The molecule has 0 aliphatic carbocycles. The van der Waals surface area contributed by atoms with E-state index >= 15 is 0 Å². The molecule has 1 atom stereocenters. The van der Waals surface area contributed by atoms with Crippen LogP contribution in [0.4, 0.5) is 0 Å². The molecule has 0 saturated heterocycles. The molecular formula is C17H27N3O12. The van der Waals surface area contributed by atoms with Crippen molar-refractivity contribution >= 4 is 35.8 Å². The van der Waals surface area contributed by atoms with Crippen LogP contribution in [-0.4, -0.2) is 140 Å². The topological polar surface area (TPSA) is 234 Å². The first-order valence-electron chi connectivity index (χ1n) is 9.32. The lowest BCUT2D eigenvalue weighted by Gasteiger charge is -2.32. The van der Waals surface area contributed by atoms with Gasteiger partial charge >= 0.3 is 35.8 Å². The van der Waals surface area contributed by atoms with Crippen LogP contribution in [0.1, 0.15) is 12.8 Å². The molecule has 15 nitrogen and oxygen atoms in total. The number of nitrogens with zero attached hydrogens (tertiary/aromatic N) is 3. The molecule has 6 N–H and O–H groups in total. The van der Waals surface area contributed by atoms with Crippen LogP contribution in [0.25, 0.3) is 0 Å². The van der Waals surface area contributed by atoms with Crippen LogP contribution in [0, 0.1) is 0 Å². The van der Waals surface area contributed by atoms with E-state index in [0.29, 0.717) is 0 Å². The van der Waals surface area contributed by atoms with Gasteiger partial charge in [-0.15, -0.1) is 0 Å². The monoisotopic (exact) mass is 465 g/mol. The maximum atomic E-state index is 11.7. The van der Waals surface area contributed by atoms with Crippen molar-refractivity contribution < 1.29 is 59.4 Å². The van der Waals surface area contributed by atoms with Gasteiger partial charge in [0.2, 0.25) is 0 Å². The summed E-state index contributed by atoms with van der Waals surface area (Å²) in [7, 11) is 0. The summed E-state index contributed by atoms with van der Waals surface area (Å²) in [6.07, 6.45) is -0.838. The molecule has 0 bridgehead atoms. The molecule has 0 unspecified atom stereocenters. The van der Waals surface area contributed by atoms with Crippen LogP contribution in [0.2, 0.25) is 0 Å². The summed E-state index contributed by atoms with van der Waals surface area (Å²) >= 11 is 0. The van der Waals surface area contributed by atoms with Crippen molar-refractivity contribution in [3.8, 4) is 0 Å². The summed E-state index contributed by atoms with van der Waals surface area (Å²) in [5.41, 5.74) is 0. The molecule has 0 aliphatic heterocycles. The van der Waals surface area contributed by atoms with Crippen molar-refractivity contribution in [2.75, 3.05) is 52.4 Å². The molecule has 0 spiro atoms. The van der Waals surface area contributed by atoms with Gasteiger partial charge < -0.3 is 30.6 Å². The predicted molar refractivity (Wildman–Crippen MR) is 103 cm³/mol. The van der Waals surface area contributed by atoms with Crippen LogP contribution >= 0.6 is 0 Å². The molecule has 0 heterocycles. The van der Waals surface area contributed by atoms with Crippen molar-refractivity contribution in [2.45, 2.75) is 18.9 Å². The van der Waals surface area contributed by atoms with Crippen molar-refractivity contribution in [3.63, 3.8) is 0 Å². The molecule has 0 aromatic carbocycles. The molecule has 15 heteroatoms. The molecular weight excluding hydrogens is 438 g/mol. The molecule has 0 saturated carbocycles. The first-order valence-corrected chi connectivity index (χ1v) is 9.32. The van der Waals surface area contributed by atoms with E-state index in [1.165, 1.54) is 4.90 Å². The van der Waals surface area contributed by atoms with Crippen LogP contribution in [0.5, 0.6) is 0 Å². The van der Waals surface area contributed by atoms with Gasteiger partial charge in [0.1, 0.15) is 6.04 Å². The zero-order valence-corrected chi connectivity index (χ0v) is 17.1. The largest absolute Gasteiger partial charge is 0.481 e. The fraction of sp³-hybridized carbons (Fsp3) is 0.647. The Labute approximate surface area is 182 Å². The normalized spacial score (nSPS) is 12.1. The molecule has 32 heavy (non-hydrogen) atoms. The summed E-state index contributed by atoms with van der Waals surface area (Å²) in [5, 5.41) is 54.1. The smallest absolute Gasteiger partial charge is 0.320 e. The highest BCUT2D eigenvalue weighted by Gasteiger charge is 2.28. The Kier molecular flexibility index (Phi) is 13.1. The fourth-order valence-electron chi connectivity index (χ4n) is 2.88. The zero-order valence-electron chi connectivity index (χ0n) is 17.1. The molecule has 0 aliphatic rings. The van der Waals surface area contributed by atoms with Gasteiger partial charge in [0, 0.05) is 32.6 Å². The average Bonchev–Trinajstić information content (AvgIpc) is 2.60. The maximum Gasteiger partial charge on any atom is 0.320 e. The molecule has 0 radical (unpaired) electrons. The lowest BCUT2D eigenvalue weighted by atomic mass is 10.1. The second-order valence-electron chi connectivity index (χ2n) is 6.82. The second-order valence-corrected chi connectivity index (χ2v) is 6.82. The van der Waals surface area contributed by atoms with Crippen LogP contribution in [0.15, 0.2) is 0 Å². The Balaban J connectivity index is 5.53. The highest BCUT2D eigenvalue weighted by molar-refractivity contribution is 5.75. The molecule has 0 aromatic heterocycles. The van der Waals surface area contributed by atoms with E-state index in [-0.39, 0.29) is 32.6 Å². The summed E-state index contributed by atoms with van der Waals surface area (Å²) in [4.78, 5) is 69.7. The van der Waals surface area contributed by atoms with Crippen LogP contribution in [0.3, 0.4) is 0 Å². The molecule has 0 fully saturated rings. The third-order valence-electron chi connectivity index (χ3n) is 4.20. The van der Waals surface area contributed by atoms with Gasteiger partial charge in [0.25, 0.3) is 0 Å². The Bertz CT molecular complexity index is 626. The summed E-state index contributed by atoms with van der Waals surface area (Å²) in [6.45, 7) is -3.35.